The van der Waals surface area contributed by atoms with E-state index in [2.05, 4.69) is 5.32 Å². The summed E-state index contributed by atoms with van der Waals surface area (Å²) in [5.41, 5.74) is 9.49. The van der Waals surface area contributed by atoms with Gasteiger partial charge in [-0.3, -0.25) is 4.79 Å². The molecule has 0 bridgehead atoms. The van der Waals surface area contributed by atoms with Crippen molar-refractivity contribution in [3.63, 3.8) is 0 Å². The van der Waals surface area contributed by atoms with Crippen LogP contribution in [-0.4, -0.2) is 32.7 Å². The Kier molecular flexibility index (Phi) is 3.72. The number of amides is 1. The number of likely N-dealkylation sites (N-methyl/N-ethyl adjacent to an activating group) is 1. The number of rotatable bonds is 5. The monoisotopic (exact) mass is 249 g/mol. The highest BCUT2D eigenvalue weighted by molar-refractivity contribution is 6.00. The van der Waals surface area contributed by atoms with E-state index in [-0.39, 0.29) is 5.91 Å². The number of nitrogens with two attached hydrogens (primary N) is 1. The number of hydrogen-bond donors (Lipinski definition) is 2. The van der Waals surface area contributed by atoms with E-state index in [0.717, 1.165) is 23.5 Å². The van der Waals surface area contributed by atoms with Crippen molar-refractivity contribution >= 4 is 23.0 Å². The molecule has 2 rings (SSSR count). The molecule has 1 aliphatic rings. The third kappa shape index (κ3) is 2.56. The van der Waals surface area contributed by atoms with Crippen LogP contribution in [0.3, 0.4) is 0 Å². The molecule has 98 valence electrons. The lowest BCUT2D eigenvalue weighted by Crippen LogP contribution is -2.23. The number of benzene rings is 1. The molecule has 1 heterocycles. The molecule has 0 unspecified atom stereocenters. The first kappa shape index (κ1) is 12.7. The average molecular weight is 249 g/mol. The predicted octanol–water partition coefficient (Wildman–Crippen LogP) is 1.24. The summed E-state index contributed by atoms with van der Waals surface area (Å²) in [6.45, 7) is 4.11. The van der Waals surface area contributed by atoms with Crippen LogP contribution in [0.15, 0.2) is 12.1 Å². The summed E-state index contributed by atoms with van der Waals surface area (Å²) in [6, 6.07) is 3.81. The van der Waals surface area contributed by atoms with Gasteiger partial charge in [0.1, 0.15) is 0 Å². The van der Waals surface area contributed by atoms with Gasteiger partial charge < -0.3 is 20.7 Å². The highest BCUT2D eigenvalue weighted by atomic mass is 16.5. The Hall–Kier alpha value is -1.75. The lowest BCUT2D eigenvalue weighted by atomic mass is 10.1. The fourth-order valence-electron chi connectivity index (χ4n) is 2.08. The second kappa shape index (κ2) is 5.27. The van der Waals surface area contributed by atoms with E-state index in [4.69, 9.17) is 10.5 Å². The van der Waals surface area contributed by atoms with Crippen LogP contribution in [0.4, 0.5) is 17.1 Å². The fraction of sp³-hybridized carbons (Fsp3) is 0.462. The van der Waals surface area contributed by atoms with Gasteiger partial charge >= 0.3 is 0 Å². The number of nitrogens with zero attached hydrogens (tertiary/aromatic N) is 1. The molecule has 0 atom stereocenters. The Morgan fingerprint density at radius 3 is 3.00 bits per heavy atom. The Labute approximate surface area is 107 Å². The number of anilines is 3. The molecule has 0 spiro atoms. The molecule has 1 aromatic rings. The third-order valence-corrected chi connectivity index (χ3v) is 3.06. The molecule has 0 aliphatic carbocycles. The maximum Gasteiger partial charge on any atom is 0.228 e. The third-order valence-electron chi connectivity index (χ3n) is 3.06. The van der Waals surface area contributed by atoms with Gasteiger partial charge in [-0.1, -0.05) is 0 Å². The average Bonchev–Trinajstić information content (AvgIpc) is 2.67. The van der Waals surface area contributed by atoms with Gasteiger partial charge in [-0.2, -0.15) is 0 Å². The summed E-state index contributed by atoms with van der Waals surface area (Å²) in [6.07, 6.45) is 0.419. The number of nitrogen functional groups attached to an aromatic ring is 1. The van der Waals surface area contributed by atoms with Crippen LogP contribution in [0.5, 0.6) is 0 Å². The van der Waals surface area contributed by atoms with Crippen LogP contribution >= 0.6 is 0 Å². The molecule has 5 heteroatoms. The summed E-state index contributed by atoms with van der Waals surface area (Å²) in [5, 5.41) is 2.83. The number of carbonyl (C=O) groups excluding carboxylic acids is 1. The zero-order chi connectivity index (χ0) is 13.1. The minimum Gasteiger partial charge on any atom is -0.397 e. The summed E-state index contributed by atoms with van der Waals surface area (Å²) in [5.74, 6) is 0.0264. The quantitative estimate of drug-likeness (QED) is 0.608. The lowest BCUT2D eigenvalue weighted by Gasteiger charge is -2.21. The SMILES string of the molecule is CCOCCN(C)c1cc2c(cc1N)CC(=O)N2. The van der Waals surface area contributed by atoms with Gasteiger partial charge in [0.2, 0.25) is 5.91 Å². The maximum atomic E-state index is 11.3. The van der Waals surface area contributed by atoms with E-state index in [1.54, 1.807) is 0 Å². The summed E-state index contributed by atoms with van der Waals surface area (Å²) in [7, 11) is 1.97. The standard InChI is InChI=1S/C13H19N3O2/c1-3-18-5-4-16(2)12-8-11-9(6-10(12)14)7-13(17)15-11/h6,8H,3-5,7,14H2,1-2H3,(H,15,17). The molecule has 0 aromatic heterocycles. The number of fused-ring (bicyclic) bond motifs is 1. The molecule has 3 N–H and O–H groups in total. The van der Waals surface area contributed by atoms with Crippen LogP contribution in [0.25, 0.3) is 0 Å². The van der Waals surface area contributed by atoms with Gasteiger partial charge in [0.25, 0.3) is 0 Å². The zero-order valence-corrected chi connectivity index (χ0v) is 10.8. The molecule has 1 aliphatic heterocycles. The topological polar surface area (TPSA) is 67.6 Å². The number of nitrogens with one attached hydrogen (secondary N) is 1. The molecule has 0 saturated heterocycles. The second-order valence-electron chi connectivity index (χ2n) is 4.41. The first-order valence-corrected chi connectivity index (χ1v) is 6.13. The van der Waals surface area contributed by atoms with Crippen molar-refractivity contribution in [1.82, 2.24) is 0 Å². The Morgan fingerprint density at radius 2 is 2.28 bits per heavy atom. The summed E-state index contributed by atoms with van der Waals surface area (Å²) in [4.78, 5) is 13.4. The molecule has 18 heavy (non-hydrogen) atoms. The summed E-state index contributed by atoms with van der Waals surface area (Å²) < 4.78 is 5.32. The van der Waals surface area contributed by atoms with Crippen molar-refractivity contribution < 1.29 is 9.53 Å². The van der Waals surface area contributed by atoms with Gasteiger partial charge in [0.15, 0.2) is 0 Å². The number of ether oxygens (including phenoxy) is 1. The van der Waals surface area contributed by atoms with Crippen LogP contribution in [0.2, 0.25) is 0 Å². The molecule has 0 radical (unpaired) electrons. The van der Waals surface area contributed by atoms with Crippen molar-refractivity contribution in [2.45, 2.75) is 13.3 Å². The molecule has 5 nitrogen and oxygen atoms in total. The van der Waals surface area contributed by atoms with Crippen LogP contribution in [0, 0.1) is 0 Å². The van der Waals surface area contributed by atoms with Crippen LogP contribution in [-0.2, 0) is 16.0 Å². The van der Waals surface area contributed by atoms with Gasteiger partial charge in [-0.15, -0.1) is 0 Å². The largest absolute Gasteiger partial charge is 0.397 e. The Bertz CT molecular complexity index is 460. The van der Waals surface area contributed by atoms with Crippen molar-refractivity contribution in [2.75, 3.05) is 42.8 Å². The second-order valence-corrected chi connectivity index (χ2v) is 4.41. The first-order chi connectivity index (χ1) is 8.61. The molecule has 1 amide bonds. The van der Waals surface area contributed by atoms with E-state index < -0.39 is 0 Å². The van der Waals surface area contributed by atoms with E-state index in [1.165, 1.54) is 0 Å². The van der Waals surface area contributed by atoms with E-state index >= 15 is 0 Å². The smallest absolute Gasteiger partial charge is 0.228 e. The zero-order valence-electron chi connectivity index (χ0n) is 10.8. The number of carbonyl (C=O) groups is 1. The Morgan fingerprint density at radius 1 is 1.50 bits per heavy atom. The first-order valence-electron chi connectivity index (χ1n) is 6.13. The minimum atomic E-state index is 0.0264. The Balaban J connectivity index is 2.14. The van der Waals surface area contributed by atoms with Gasteiger partial charge in [0, 0.05) is 25.9 Å². The highest BCUT2D eigenvalue weighted by Crippen LogP contribution is 2.33. The summed E-state index contributed by atoms with van der Waals surface area (Å²) >= 11 is 0. The van der Waals surface area contributed by atoms with Crippen molar-refractivity contribution in [2.24, 2.45) is 0 Å². The van der Waals surface area contributed by atoms with Gasteiger partial charge in [-0.05, 0) is 24.6 Å². The number of hydrogen-bond acceptors (Lipinski definition) is 4. The maximum absolute atomic E-state index is 11.3. The van der Waals surface area contributed by atoms with Crippen LogP contribution in [0.1, 0.15) is 12.5 Å². The minimum absolute atomic E-state index is 0.0264. The van der Waals surface area contributed by atoms with Crippen molar-refractivity contribution in [1.29, 1.82) is 0 Å². The van der Waals surface area contributed by atoms with Crippen molar-refractivity contribution in [3.8, 4) is 0 Å². The highest BCUT2D eigenvalue weighted by Gasteiger charge is 2.20. The lowest BCUT2D eigenvalue weighted by molar-refractivity contribution is -0.115. The van der Waals surface area contributed by atoms with Crippen molar-refractivity contribution in [3.05, 3.63) is 17.7 Å². The molecule has 0 fully saturated rings. The van der Waals surface area contributed by atoms with E-state index in [0.29, 0.717) is 25.3 Å². The normalized spacial score (nSPS) is 13.3. The molecule has 0 saturated carbocycles. The van der Waals surface area contributed by atoms with E-state index in [9.17, 15) is 4.79 Å². The van der Waals surface area contributed by atoms with E-state index in [1.807, 2.05) is 31.0 Å². The van der Waals surface area contributed by atoms with Gasteiger partial charge in [0.05, 0.1) is 24.4 Å². The molecular weight excluding hydrogens is 230 g/mol. The van der Waals surface area contributed by atoms with Crippen LogP contribution < -0.4 is 16.0 Å². The predicted molar refractivity (Wildman–Crippen MR) is 73.0 cm³/mol. The molecule has 1 aromatic carbocycles. The molecular formula is C13H19N3O2. The van der Waals surface area contributed by atoms with Gasteiger partial charge in [-0.25, -0.2) is 0 Å². The fourth-order valence-corrected chi connectivity index (χ4v) is 2.08.